The second-order valence-corrected chi connectivity index (χ2v) is 1.82. The standard InChI is InChI=1S/C6H12/c1-4-5-6(2)3/h4H,5H2,1-3H3/q-2. The van der Waals surface area contributed by atoms with Crippen molar-refractivity contribution in [2.45, 2.75) is 27.2 Å². The van der Waals surface area contributed by atoms with Gasteiger partial charge in [-0.1, -0.05) is 0 Å². The predicted molar refractivity (Wildman–Crippen MR) is 29.2 cm³/mol. The number of hydrogen-bond acceptors (Lipinski definition) is 0. The van der Waals surface area contributed by atoms with Crippen LogP contribution in [0.15, 0.2) is 0 Å². The second kappa shape index (κ2) is 3.20. The molecule has 38 valence electrons. The van der Waals surface area contributed by atoms with Gasteiger partial charge in [0.2, 0.25) is 0 Å². The van der Waals surface area contributed by atoms with E-state index in [1.54, 1.807) is 0 Å². The molecule has 0 radical (unpaired) electrons. The molecular weight excluding hydrogens is 72.1 g/mol. The summed E-state index contributed by atoms with van der Waals surface area (Å²) in [6.45, 7) is 6.35. The van der Waals surface area contributed by atoms with Crippen LogP contribution >= 0.6 is 0 Å². The summed E-state index contributed by atoms with van der Waals surface area (Å²) in [4.78, 5) is 0. The van der Waals surface area contributed by atoms with Crippen molar-refractivity contribution in [2.75, 3.05) is 0 Å². The van der Waals surface area contributed by atoms with Crippen molar-refractivity contribution in [1.82, 2.24) is 0 Å². The van der Waals surface area contributed by atoms with E-state index in [9.17, 15) is 0 Å². The van der Waals surface area contributed by atoms with Crippen molar-refractivity contribution in [2.24, 2.45) is 0 Å². The maximum Gasteiger partial charge on any atom is -0.191 e. The Hall–Kier alpha value is 0. The summed E-state index contributed by atoms with van der Waals surface area (Å²) in [6.07, 6.45) is 3.33. The molecule has 0 aromatic carbocycles. The minimum atomic E-state index is 1.17. The molecule has 0 N–H and O–H groups in total. The van der Waals surface area contributed by atoms with Crippen molar-refractivity contribution in [1.29, 1.82) is 0 Å². The molecule has 0 amide bonds. The zero-order chi connectivity index (χ0) is 4.99. The van der Waals surface area contributed by atoms with Gasteiger partial charge in [-0.05, 0) is 0 Å². The average molecular weight is 84.2 g/mol. The van der Waals surface area contributed by atoms with Gasteiger partial charge in [-0.15, -0.1) is 0 Å². The van der Waals surface area contributed by atoms with Crippen LogP contribution in [0.3, 0.4) is 0 Å². The third-order valence-electron chi connectivity index (χ3n) is 0.612. The van der Waals surface area contributed by atoms with E-state index in [2.05, 4.69) is 27.2 Å². The molecule has 0 rings (SSSR count). The lowest BCUT2D eigenvalue weighted by molar-refractivity contribution is 0.936. The van der Waals surface area contributed by atoms with E-state index in [4.69, 9.17) is 0 Å². The first kappa shape index (κ1) is 6.00. The third kappa shape index (κ3) is 4.00. The van der Waals surface area contributed by atoms with E-state index in [0.29, 0.717) is 0 Å². The maximum atomic E-state index is 2.16. The smallest absolute Gasteiger partial charge is 0.191 e. The first-order valence-corrected chi connectivity index (χ1v) is 2.34. The summed E-state index contributed by atoms with van der Waals surface area (Å²) >= 11 is 0. The second-order valence-electron chi connectivity index (χ2n) is 1.82. The molecule has 0 aromatic heterocycles. The van der Waals surface area contributed by atoms with Gasteiger partial charge in [-0.25, -0.2) is 0 Å². The largest absolute Gasteiger partial charge is 0.360 e. The molecule has 0 saturated heterocycles. The molecule has 0 aliphatic rings. The molecule has 0 unspecified atom stereocenters. The highest BCUT2D eigenvalue weighted by atomic mass is 13.9. The van der Waals surface area contributed by atoms with Crippen molar-refractivity contribution in [3.8, 4) is 0 Å². The molecule has 0 heterocycles. The summed E-state index contributed by atoms with van der Waals surface area (Å²) in [7, 11) is 0. The lowest BCUT2D eigenvalue weighted by Crippen LogP contribution is -1.79. The van der Waals surface area contributed by atoms with Crippen molar-refractivity contribution < 1.29 is 0 Å². The number of rotatable bonds is 2. The molecule has 0 atom stereocenters. The number of hydrogen-bond donors (Lipinski definition) is 0. The van der Waals surface area contributed by atoms with E-state index < -0.39 is 0 Å². The molecule has 0 fully saturated rings. The predicted octanol–water partition coefficient (Wildman–Crippen LogP) is 2.21. The minimum Gasteiger partial charge on any atom is -0.360 e. The van der Waals surface area contributed by atoms with Gasteiger partial charge in [0.15, 0.2) is 0 Å². The molecular formula is C6H12-2. The highest BCUT2D eigenvalue weighted by Crippen LogP contribution is 2.02. The quantitative estimate of drug-likeness (QED) is 0.450. The highest BCUT2D eigenvalue weighted by Gasteiger charge is 1.60. The van der Waals surface area contributed by atoms with Crippen LogP contribution in [0.4, 0.5) is 0 Å². The Morgan fingerprint density at radius 1 is 1.50 bits per heavy atom. The Bertz CT molecular complexity index is 21.2. The van der Waals surface area contributed by atoms with Crippen molar-refractivity contribution in [3.05, 3.63) is 12.3 Å². The Balaban J connectivity index is 2.63. The summed E-state index contributed by atoms with van der Waals surface area (Å²) in [5.41, 5.74) is 0. The molecule has 0 heteroatoms. The van der Waals surface area contributed by atoms with Gasteiger partial charge in [0, 0.05) is 0 Å². The van der Waals surface area contributed by atoms with Crippen molar-refractivity contribution >= 4 is 0 Å². The lowest BCUT2D eigenvalue weighted by atomic mass is 10.1. The zero-order valence-corrected chi connectivity index (χ0v) is 4.78. The van der Waals surface area contributed by atoms with Gasteiger partial charge in [0.1, 0.15) is 0 Å². The summed E-state index contributed by atoms with van der Waals surface area (Å²) in [5.74, 6) is 1.48. The van der Waals surface area contributed by atoms with Gasteiger partial charge < -0.3 is 18.8 Å². The molecule has 0 aromatic rings. The molecule has 0 nitrogen and oxygen atoms in total. The Kier molecular flexibility index (Phi) is 3.20. The Labute approximate surface area is 40.6 Å². The van der Waals surface area contributed by atoms with Crippen LogP contribution in [-0.4, -0.2) is 0 Å². The molecule has 0 aliphatic heterocycles. The highest BCUT2D eigenvalue weighted by molar-refractivity contribution is 4.81. The van der Waals surface area contributed by atoms with E-state index in [-0.39, 0.29) is 0 Å². The van der Waals surface area contributed by atoms with E-state index in [0.717, 1.165) is 0 Å². The van der Waals surface area contributed by atoms with E-state index in [1.165, 1.54) is 12.3 Å². The summed E-state index contributed by atoms with van der Waals surface area (Å²) in [6, 6.07) is 0. The Morgan fingerprint density at radius 3 is 2.00 bits per heavy atom. The molecule has 6 heavy (non-hydrogen) atoms. The van der Waals surface area contributed by atoms with Gasteiger partial charge >= 0.3 is 0 Å². The maximum absolute atomic E-state index is 2.16. The first-order valence-electron chi connectivity index (χ1n) is 2.34. The fraction of sp³-hybridized carbons (Fsp3) is 0.667. The van der Waals surface area contributed by atoms with Gasteiger partial charge in [-0.3, -0.25) is 0 Å². The summed E-state index contributed by atoms with van der Waals surface area (Å²) in [5, 5.41) is 0. The topological polar surface area (TPSA) is 0 Å². The van der Waals surface area contributed by atoms with E-state index >= 15 is 0 Å². The SMILES string of the molecule is C[CH-]C[C-](C)C. The normalized spacial score (nSPS) is 10.0. The van der Waals surface area contributed by atoms with Crippen LogP contribution < -0.4 is 0 Å². The fourth-order valence-electron chi connectivity index (χ4n) is 0.408. The molecule has 0 bridgehead atoms. The van der Waals surface area contributed by atoms with Crippen molar-refractivity contribution in [3.63, 3.8) is 0 Å². The van der Waals surface area contributed by atoms with Crippen LogP contribution in [0.25, 0.3) is 0 Å². The molecule has 0 spiro atoms. The third-order valence-corrected chi connectivity index (χ3v) is 0.612. The van der Waals surface area contributed by atoms with Crippen LogP contribution in [0.1, 0.15) is 27.2 Å². The average Bonchev–Trinajstić information content (AvgIpc) is 1.35. The Morgan fingerprint density at radius 2 is 2.00 bits per heavy atom. The van der Waals surface area contributed by atoms with Gasteiger partial charge in [0.05, 0.1) is 0 Å². The lowest BCUT2D eigenvalue weighted by Gasteiger charge is -2.21. The van der Waals surface area contributed by atoms with Crippen LogP contribution in [0.2, 0.25) is 0 Å². The van der Waals surface area contributed by atoms with E-state index in [1.807, 2.05) is 0 Å². The summed E-state index contributed by atoms with van der Waals surface area (Å²) < 4.78 is 0. The van der Waals surface area contributed by atoms with Gasteiger partial charge in [-0.2, -0.15) is 20.8 Å². The van der Waals surface area contributed by atoms with Crippen LogP contribution in [0, 0.1) is 12.3 Å². The molecule has 0 saturated carbocycles. The first-order chi connectivity index (χ1) is 2.77. The monoisotopic (exact) mass is 84.1 g/mol. The zero-order valence-electron chi connectivity index (χ0n) is 4.78. The molecule has 0 aliphatic carbocycles. The van der Waals surface area contributed by atoms with Crippen LogP contribution in [-0.2, 0) is 0 Å². The fourth-order valence-corrected chi connectivity index (χ4v) is 0.408. The minimum absolute atomic E-state index is 1.17. The van der Waals surface area contributed by atoms with Crippen LogP contribution in [0.5, 0.6) is 0 Å². The van der Waals surface area contributed by atoms with Gasteiger partial charge in [0.25, 0.3) is 0 Å².